The molecule has 2 aromatic heterocycles. The minimum atomic E-state index is -0.523. The Balaban J connectivity index is 1.85. The maximum Gasteiger partial charge on any atom is 0.325 e. The number of aromatic amines is 2. The van der Waals surface area contributed by atoms with Gasteiger partial charge in [-0.1, -0.05) is 5.16 Å². The van der Waals surface area contributed by atoms with Crippen LogP contribution in [-0.2, 0) is 11.2 Å². The molecule has 0 radical (unpaired) electrons. The molecule has 8 nitrogen and oxygen atoms in total. The number of H-pyrrole nitrogens is 2. The van der Waals surface area contributed by atoms with Gasteiger partial charge in [-0.2, -0.15) is 4.98 Å². The maximum absolute atomic E-state index is 11.7. The zero-order valence-corrected chi connectivity index (χ0v) is 10.9. The van der Waals surface area contributed by atoms with E-state index in [1.54, 1.807) is 6.92 Å². The summed E-state index contributed by atoms with van der Waals surface area (Å²) >= 11 is 0. The minimum absolute atomic E-state index is 0.155. The Hall–Kier alpha value is -2.22. The number of aromatic nitrogens is 4. The summed E-state index contributed by atoms with van der Waals surface area (Å²) in [6.45, 7) is 2.96. The standard InChI is InChI=1S/C12H14N4O4/c1-6-8(11(17)15-12(18)13-6)4-9-14-10(16-20-9)7-2-3-19-5-7/h7H,2-5H2,1H3,(H2,13,15,17,18). The Morgan fingerprint density at radius 3 is 2.90 bits per heavy atom. The monoisotopic (exact) mass is 278 g/mol. The molecule has 1 atom stereocenters. The lowest BCUT2D eigenvalue weighted by molar-refractivity contribution is 0.192. The van der Waals surface area contributed by atoms with E-state index in [9.17, 15) is 9.59 Å². The van der Waals surface area contributed by atoms with E-state index in [0.717, 1.165) is 6.42 Å². The Morgan fingerprint density at radius 2 is 2.20 bits per heavy atom. The first-order valence-corrected chi connectivity index (χ1v) is 6.36. The van der Waals surface area contributed by atoms with Crippen molar-refractivity contribution < 1.29 is 9.26 Å². The molecule has 1 fully saturated rings. The molecule has 20 heavy (non-hydrogen) atoms. The molecule has 1 unspecified atom stereocenters. The molecular formula is C12H14N4O4. The van der Waals surface area contributed by atoms with Gasteiger partial charge >= 0.3 is 5.69 Å². The van der Waals surface area contributed by atoms with Gasteiger partial charge in [0.15, 0.2) is 5.82 Å². The van der Waals surface area contributed by atoms with Crippen molar-refractivity contribution >= 4 is 0 Å². The summed E-state index contributed by atoms with van der Waals surface area (Å²) in [6.07, 6.45) is 1.07. The van der Waals surface area contributed by atoms with Crippen molar-refractivity contribution in [3.05, 3.63) is 43.8 Å². The van der Waals surface area contributed by atoms with Crippen LogP contribution < -0.4 is 11.2 Å². The second kappa shape index (κ2) is 5.04. The third-order valence-electron chi connectivity index (χ3n) is 3.36. The van der Waals surface area contributed by atoms with E-state index in [1.807, 2.05) is 0 Å². The fourth-order valence-electron chi connectivity index (χ4n) is 2.23. The molecule has 3 rings (SSSR count). The summed E-state index contributed by atoms with van der Waals surface area (Å²) in [5.41, 5.74) is -0.0362. The molecule has 1 saturated heterocycles. The van der Waals surface area contributed by atoms with Crippen LogP contribution in [0.5, 0.6) is 0 Å². The molecule has 106 valence electrons. The third kappa shape index (κ3) is 2.42. The number of nitrogens with one attached hydrogen (secondary N) is 2. The number of ether oxygens (including phenoxy) is 1. The van der Waals surface area contributed by atoms with Crippen LogP contribution in [0.4, 0.5) is 0 Å². The topological polar surface area (TPSA) is 114 Å². The first-order chi connectivity index (χ1) is 9.63. The highest BCUT2D eigenvalue weighted by molar-refractivity contribution is 5.18. The third-order valence-corrected chi connectivity index (χ3v) is 3.36. The van der Waals surface area contributed by atoms with Crippen molar-refractivity contribution in [3.63, 3.8) is 0 Å². The van der Waals surface area contributed by atoms with Gasteiger partial charge in [0.1, 0.15) is 0 Å². The van der Waals surface area contributed by atoms with Gasteiger partial charge < -0.3 is 14.2 Å². The van der Waals surface area contributed by atoms with Crippen LogP contribution in [0.15, 0.2) is 14.1 Å². The summed E-state index contributed by atoms with van der Waals surface area (Å²) in [4.78, 5) is 31.9. The normalized spacial score (nSPS) is 18.6. The Morgan fingerprint density at radius 1 is 1.35 bits per heavy atom. The highest BCUT2D eigenvalue weighted by Crippen LogP contribution is 2.22. The zero-order valence-electron chi connectivity index (χ0n) is 10.9. The lowest BCUT2D eigenvalue weighted by Gasteiger charge is -2.00. The molecule has 0 aromatic carbocycles. The van der Waals surface area contributed by atoms with E-state index in [1.165, 1.54) is 0 Å². The molecule has 1 aliphatic rings. The highest BCUT2D eigenvalue weighted by Gasteiger charge is 2.23. The van der Waals surface area contributed by atoms with Crippen molar-refractivity contribution in [2.45, 2.75) is 25.7 Å². The molecule has 0 saturated carbocycles. The molecule has 2 N–H and O–H groups in total. The fourth-order valence-corrected chi connectivity index (χ4v) is 2.23. The predicted molar refractivity (Wildman–Crippen MR) is 67.7 cm³/mol. The van der Waals surface area contributed by atoms with Gasteiger partial charge in [0.25, 0.3) is 5.56 Å². The number of hydrogen-bond acceptors (Lipinski definition) is 6. The van der Waals surface area contributed by atoms with E-state index in [2.05, 4.69) is 20.1 Å². The molecule has 8 heteroatoms. The van der Waals surface area contributed by atoms with Crippen LogP contribution in [0.25, 0.3) is 0 Å². The van der Waals surface area contributed by atoms with Gasteiger partial charge in [-0.25, -0.2) is 4.79 Å². The Labute approximate surface area is 113 Å². The molecule has 0 amide bonds. The smallest absolute Gasteiger partial charge is 0.325 e. The molecule has 3 heterocycles. The van der Waals surface area contributed by atoms with E-state index in [-0.39, 0.29) is 12.3 Å². The van der Waals surface area contributed by atoms with E-state index in [4.69, 9.17) is 9.26 Å². The van der Waals surface area contributed by atoms with Crippen molar-refractivity contribution in [2.75, 3.05) is 13.2 Å². The molecular weight excluding hydrogens is 264 g/mol. The first kappa shape index (κ1) is 12.8. The van der Waals surface area contributed by atoms with E-state index >= 15 is 0 Å². The number of hydrogen-bond donors (Lipinski definition) is 2. The zero-order chi connectivity index (χ0) is 14.1. The van der Waals surface area contributed by atoms with Crippen molar-refractivity contribution in [3.8, 4) is 0 Å². The predicted octanol–water partition coefficient (Wildman–Crippen LogP) is -0.151. The molecule has 2 aromatic rings. The van der Waals surface area contributed by atoms with Gasteiger partial charge in [0.05, 0.1) is 13.0 Å². The first-order valence-electron chi connectivity index (χ1n) is 6.36. The van der Waals surface area contributed by atoms with E-state index < -0.39 is 11.2 Å². The lowest BCUT2D eigenvalue weighted by Crippen LogP contribution is -2.27. The van der Waals surface area contributed by atoms with Gasteiger partial charge in [-0.3, -0.25) is 9.78 Å². The van der Waals surface area contributed by atoms with Gasteiger partial charge in [0, 0.05) is 23.8 Å². The van der Waals surface area contributed by atoms with Crippen molar-refractivity contribution in [2.24, 2.45) is 0 Å². The van der Waals surface area contributed by atoms with Crippen LogP contribution >= 0.6 is 0 Å². The number of aryl methyl sites for hydroxylation is 1. The van der Waals surface area contributed by atoms with Gasteiger partial charge in [-0.05, 0) is 13.3 Å². The summed E-state index contributed by atoms with van der Waals surface area (Å²) in [6, 6.07) is 0. The summed E-state index contributed by atoms with van der Waals surface area (Å²) < 4.78 is 10.4. The van der Waals surface area contributed by atoms with Gasteiger partial charge in [-0.15, -0.1) is 0 Å². The SMILES string of the molecule is Cc1[nH]c(=O)[nH]c(=O)c1Cc1nc(C2CCOC2)no1. The molecule has 0 spiro atoms. The van der Waals surface area contributed by atoms with Crippen molar-refractivity contribution in [1.82, 2.24) is 20.1 Å². The fraction of sp³-hybridized carbons (Fsp3) is 0.500. The average Bonchev–Trinajstić information content (AvgIpc) is 3.04. The Kier molecular flexibility index (Phi) is 3.23. The van der Waals surface area contributed by atoms with E-state index in [0.29, 0.717) is 36.2 Å². The maximum atomic E-state index is 11.7. The molecule has 0 bridgehead atoms. The quantitative estimate of drug-likeness (QED) is 0.807. The lowest BCUT2D eigenvalue weighted by atomic mass is 10.1. The van der Waals surface area contributed by atoms with Crippen molar-refractivity contribution in [1.29, 1.82) is 0 Å². The summed E-state index contributed by atoms with van der Waals surface area (Å²) in [5.74, 6) is 1.12. The summed E-state index contributed by atoms with van der Waals surface area (Å²) in [5, 5.41) is 3.92. The largest absolute Gasteiger partial charge is 0.381 e. The van der Waals surface area contributed by atoms with Crippen LogP contribution in [-0.4, -0.2) is 33.3 Å². The minimum Gasteiger partial charge on any atom is -0.381 e. The van der Waals surface area contributed by atoms with Gasteiger partial charge in [0.2, 0.25) is 5.89 Å². The number of nitrogens with zero attached hydrogens (tertiary/aromatic N) is 2. The Bertz CT molecular complexity index is 724. The van der Waals surface area contributed by atoms with Crippen LogP contribution in [0.1, 0.15) is 35.3 Å². The van der Waals surface area contributed by atoms with Crippen LogP contribution in [0.2, 0.25) is 0 Å². The summed E-state index contributed by atoms with van der Waals surface area (Å²) in [7, 11) is 0. The van der Waals surface area contributed by atoms with Crippen LogP contribution in [0, 0.1) is 6.92 Å². The second-order valence-corrected chi connectivity index (χ2v) is 4.80. The highest BCUT2D eigenvalue weighted by atomic mass is 16.5. The number of rotatable bonds is 3. The molecule has 1 aliphatic heterocycles. The average molecular weight is 278 g/mol. The molecule has 0 aliphatic carbocycles. The van der Waals surface area contributed by atoms with Crippen LogP contribution in [0.3, 0.4) is 0 Å². The second-order valence-electron chi connectivity index (χ2n) is 4.80.